The number of carbonyl (C=O) groups excluding carboxylic acids is 2. The van der Waals surface area contributed by atoms with Crippen molar-refractivity contribution in [1.29, 1.82) is 0 Å². The Bertz CT molecular complexity index is 254. The normalized spacial score (nSPS) is 34.6. The van der Waals surface area contributed by atoms with Gasteiger partial charge in [0, 0.05) is 18.0 Å². The second-order valence-electron chi connectivity index (χ2n) is 3.94. The van der Waals surface area contributed by atoms with Crippen molar-refractivity contribution < 1.29 is 14.3 Å². The number of amides is 1. The van der Waals surface area contributed by atoms with Crippen molar-refractivity contribution in [3.05, 3.63) is 0 Å². The Morgan fingerprint density at radius 1 is 1.57 bits per heavy atom. The van der Waals surface area contributed by atoms with Crippen LogP contribution in [0.4, 0.5) is 4.79 Å². The zero-order valence-corrected chi connectivity index (χ0v) is 8.31. The van der Waals surface area contributed by atoms with E-state index in [9.17, 15) is 9.59 Å². The third-order valence-electron chi connectivity index (χ3n) is 3.24. The molecule has 3 atom stereocenters. The van der Waals surface area contributed by atoms with Crippen LogP contribution in [0.15, 0.2) is 0 Å². The van der Waals surface area contributed by atoms with E-state index in [1.807, 2.05) is 0 Å². The fourth-order valence-electron chi connectivity index (χ4n) is 2.66. The predicted octanol–water partition coefficient (Wildman–Crippen LogP) is 1.19. The number of hydrogen-bond acceptors (Lipinski definition) is 3. The van der Waals surface area contributed by atoms with Crippen LogP contribution in [0.2, 0.25) is 0 Å². The Morgan fingerprint density at radius 2 is 2.36 bits per heavy atom. The number of carbonyl (C=O) groups is 2. The molecule has 2 rings (SSSR count). The molecule has 0 aromatic rings. The Kier molecular flexibility index (Phi) is 2.44. The molecule has 2 bridgehead atoms. The summed E-state index contributed by atoms with van der Waals surface area (Å²) in [6.45, 7) is 2.20. The molecule has 0 spiro atoms. The second-order valence-corrected chi connectivity index (χ2v) is 3.94. The average Bonchev–Trinajstić information content (AvgIpc) is 2.74. The molecule has 0 N–H and O–H groups in total. The van der Waals surface area contributed by atoms with Gasteiger partial charge < -0.3 is 14.4 Å². The van der Waals surface area contributed by atoms with E-state index in [4.69, 9.17) is 4.74 Å². The van der Waals surface area contributed by atoms with Gasteiger partial charge in [-0.3, -0.25) is 0 Å². The molecule has 14 heavy (non-hydrogen) atoms. The molecule has 0 aromatic heterocycles. The smallest absolute Gasteiger partial charge is 0.410 e. The maximum absolute atomic E-state index is 11.6. The van der Waals surface area contributed by atoms with Crippen molar-refractivity contribution in [3.63, 3.8) is 0 Å². The molecule has 0 radical (unpaired) electrons. The molecule has 0 unspecified atom stereocenters. The standard InChI is InChI=1S/C10H15NO3/c1-2-14-10(13)11-8-3-4-9(11)7(5-8)6-12/h6-9H,2-5H2,1H3/t7-,8-,9+/m0/s1. The van der Waals surface area contributed by atoms with Crippen molar-refractivity contribution in [2.45, 2.75) is 38.3 Å². The van der Waals surface area contributed by atoms with Crippen LogP contribution in [0.25, 0.3) is 0 Å². The molecular weight excluding hydrogens is 182 g/mol. The summed E-state index contributed by atoms with van der Waals surface area (Å²) in [6.07, 6.45) is 3.54. The minimum absolute atomic E-state index is 0.0400. The van der Waals surface area contributed by atoms with Crippen LogP contribution in [-0.2, 0) is 9.53 Å². The maximum Gasteiger partial charge on any atom is 0.410 e. The van der Waals surface area contributed by atoms with E-state index in [2.05, 4.69) is 0 Å². The SMILES string of the molecule is CCOC(=O)N1[C@H]2CC[C@@H]1[C@H](C=O)C2. The van der Waals surface area contributed by atoms with Gasteiger partial charge in [0.2, 0.25) is 0 Å². The summed E-state index contributed by atoms with van der Waals surface area (Å²) in [5, 5.41) is 0. The first-order valence-corrected chi connectivity index (χ1v) is 5.18. The van der Waals surface area contributed by atoms with Gasteiger partial charge in [0.25, 0.3) is 0 Å². The molecule has 2 aliphatic heterocycles. The lowest BCUT2D eigenvalue weighted by atomic mass is 9.90. The molecule has 2 fully saturated rings. The van der Waals surface area contributed by atoms with E-state index < -0.39 is 0 Å². The molecule has 2 aliphatic rings. The number of rotatable bonds is 2. The predicted molar refractivity (Wildman–Crippen MR) is 49.8 cm³/mol. The molecule has 78 valence electrons. The first-order valence-electron chi connectivity index (χ1n) is 5.18. The van der Waals surface area contributed by atoms with Crippen LogP contribution in [0.3, 0.4) is 0 Å². The van der Waals surface area contributed by atoms with Crippen molar-refractivity contribution >= 4 is 12.4 Å². The largest absolute Gasteiger partial charge is 0.450 e. The van der Waals surface area contributed by atoms with Gasteiger partial charge in [0.15, 0.2) is 0 Å². The van der Waals surface area contributed by atoms with Crippen LogP contribution < -0.4 is 0 Å². The lowest BCUT2D eigenvalue weighted by Crippen LogP contribution is -2.37. The number of nitrogens with zero attached hydrogens (tertiary/aromatic N) is 1. The highest BCUT2D eigenvalue weighted by Gasteiger charge is 2.49. The fourth-order valence-corrected chi connectivity index (χ4v) is 2.66. The number of hydrogen-bond donors (Lipinski definition) is 0. The molecule has 1 amide bonds. The van der Waals surface area contributed by atoms with Gasteiger partial charge in [-0.1, -0.05) is 0 Å². The molecule has 0 saturated carbocycles. The average molecular weight is 197 g/mol. The highest BCUT2D eigenvalue weighted by Crippen LogP contribution is 2.40. The Hall–Kier alpha value is -1.06. The Balaban J connectivity index is 2.07. The molecular formula is C10H15NO3. The van der Waals surface area contributed by atoms with E-state index in [1.165, 1.54) is 0 Å². The summed E-state index contributed by atoms with van der Waals surface area (Å²) in [4.78, 5) is 24.1. The molecule has 2 saturated heterocycles. The molecule has 0 aliphatic carbocycles. The highest BCUT2D eigenvalue weighted by atomic mass is 16.6. The summed E-state index contributed by atoms with van der Waals surface area (Å²) in [6, 6.07) is 0.353. The van der Waals surface area contributed by atoms with Gasteiger partial charge >= 0.3 is 6.09 Å². The monoisotopic (exact) mass is 197 g/mol. The fraction of sp³-hybridized carbons (Fsp3) is 0.800. The molecule has 0 aromatic carbocycles. The summed E-state index contributed by atoms with van der Waals surface area (Å²) < 4.78 is 4.97. The molecule has 2 heterocycles. The first kappa shape index (κ1) is 9.49. The lowest BCUT2D eigenvalue weighted by Gasteiger charge is -2.21. The van der Waals surface area contributed by atoms with Crippen molar-refractivity contribution in [1.82, 2.24) is 4.90 Å². The van der Waals surface area contributed by atoms with E-state index in [-0.39, 0.29) is 24.1 Å². The van der Waals surface area contributed by atoms with Gasteiger partial charge in [0.05, 0.1) is 6.61 Å². The molecule has 4 heteroatoms. The third kappa shape index (κ3) is 1.29. The first-order chi connectivity index (χ1) is 6.77. The number of fused-ring (bicyclic) bond motifs is 2. The van der Waals surface area contributed by atoms with Crippen molar-refractivity contribution in [2.24, 2.45) is 5.92 Å². The number of ether oxygens (including phenoxy) is 1. The van der Waals surface area contributed by atoms with Gasteiger partial charge in [-0.2, -0.15) is 0 Å². The number of aldehydes is 1. The van der Waals surface area contributed by atoms with E-state index in [0.717, 1.165) is 25.5 Å². The summed E-state index contributed by atoms with van der Waals surface area (Å²) >= 11 is 0. The van der Waals surface area contributed by atoms with Crippen LogP contribution in [0.1, 0.15) is 26.2 Å². The minimum atomic E-state index is -0.246. The summed E-state index contributed by atoms with van der Waals surface area (Å²) in [5.74, 6) is 0.0400. The summed E-state index contributed by atoms with van der Waals surface area (Å²) in [7, 11) is 0. The minimum Gasteiger partial charge on any atom is -0.450 e. The Morgan fingerprint density at radius 3 is 2.93 bits per heavy atom. The van der Waals surface area contributed by atoms with Crippen molar-refractivity contribution in [3.8, 4) is 0 Å². The zero-order valence-electron chi connectivity index (χ0n) is 8.31. The zero-order chi connectivity index (χ0) is 10.1. The van der Waals surface area contributed by atoms with Crippen LogP contribution in [0.5, 0.6) is 0 Å². The van der Waals surface area contributed by atoms with E-state index in [0.29, 0.717) is 6.61 Å². The van der Waals surface area contributed by atoms with E-state index in [1.54, 1.807) is 11.8 Å². The van der Waals surface area contributed by atoms with Crippen LogP contribution in [0, 0.1) is 5.92 Å². The van der Waals surface area contributed by atoms with Gasteiger partial charge in [0.1, 0.15) is 6.29 Å². The summed E-state index contributed by atoms with van der Waals surface area (Å²) in [5.41, 5.74) is 0. The maximum atomic E-state index is 11.6. The lowest BCUT2D eigenvalue weighted by molar-refractivity contribution is -0.111. The van der Waals surface area contributed by atoms with Crippen LogP contribution in [-0.4, -0.2) is 36.0 Å². The quantitative estimate of drug-likeness (QED) is 0.625. The van der Waals surface area contributed by atoms with Gasteiger partial charge in [-0.05, 0) is 26.2 Å². The van der Waals surface area contributed by atoms with Crippen LogP contribution >= 0.6 is 0 Å². The van der Waals surface area contributed by atoms with E-state index >= 15 is 0 Å². The highest BCUT2D eigenvalue weighted by molar-refractivity contribution is 5.71. The topological polar surface area (TPSA) is 46.6 Å². The Labute approximate surface area is 83.2 Å². The van der Waals surface area contributed by atoms with Gasteiger partial charge in [-0.15, -0.1) is 0 Å². The second kappa shape index (κ2) is 3.59. The third-order valence-corrected chi connectivity index (χ3v) is 3.24. The van der Waals surface area contributed by atoms with Crippen molar-refractivity contribution in [2.75, 3.05) is 6.61 Å². The molecule has 4 nitrogen and oxygen atoms in total. The van der Waals surface area contributed by atoms with Gasteiger partial charge in [-0.25, -0.2) is 4.79 Å².